The number of carbonyl (C=O) groups excluding carboxylic acids is 1. The molecule has 94 valence electrons. The van der Waals surface area contributed by atoms with Gasteiger partial charge in [0.1, 0.15) is 0 Å². The number of cyclic esters (lactones) is 1. The number of allylic oxidation sites excluding steroid dienone is 1. The van der Waals surface area contributed by atoms with Gasteiger partial charge in [-0.25, -0.2) is 4.79 Å². The minimum atomic E-state index is -0.716. The number of methoxy groups -OCH3 is 2. The lowest BCUT2D eigenvalue weighted by atomic mass is 9.92. The van der Waals surface area contributed by atoms with E-state index in [0.29, 0.717) is 18.6 Å². The quantitative estimate of drug-likeness (QED) is 0.678. The Labute approximate surface area is 100.0 Å². The summed E-state index contributed by atoms with van der Waals surface area (Å²) >= 11 is 0. The predicted molar refractivity (Wildman–Crippen MR) is 59.0 cm³/mol. The molecule has 5 nitrogen and oxygen atoms in total. The summed E-state index contributed by atoms with van der Waals surface area (Å²) in [5.74, 6) is -0.369. The van der Waals surface area contributed by atoms with Crippen LogP contribution < -0.4 is 0 Å². The number of hydrogen-bond donors (Lipinski definition) is 0. The van der Waals surface area contributed by atoms with E-state index in [-0.39, 0.29) is 5.97 Å². The van der Waals surface area contributed by atoms with E-state index in [9.17, 15) is 4.79 Å². The number of rotatable bonds is 2. The molecule has 0 saturated heterocycles. The molecule has 0 aromatic heterocycles. The molecule has 0 bridgehead atoms. The Bertz CT molecular complexity index is 382. The van der Waals surface area contributed by atoms with Crippen LogP contribution in [0.5, 0.6) is 0 Å². The first kappa shape index (κ1) is 12.3. The molecule has 2 atom stereocenters. The molecule has 0 saturated carbocycles. The van der Waals surface area contributed by atoms with Crippen LogP contribution in [-0.4, -0.2) is 39.4 Å². The van der Waals surface area contributed by atoms with Gasteiger partial charge in [-0.1, -0.05) is 6.08 Å². The van der Waals surface area contributed by atoms with E-state index >= 15 is 0 Å². The minimum Gasteiger partial charge on any atom is -0.462 e. The molecule has 0 aliphatic carbocycles. The van der Waals surface area contributed by atoms with Crippen molar-refractivity contribution in [1.29, 1.82) is 0 Å². The zero-order valence-electron chi connectivity index (χ0n) is 10.2. The first-order chi connectivity index (χ1) is 8.22. The van der Waals surface area contributed by atoms with Gasteiger partial charge in [0.05, 0.1) is 12.2 Å². The molecule has 17 heavy (non-hydrogen) atoms. The molecule has 0 unspecified atom stereocenters. The summed E-state index contributed by atoms with van der Waals surface area (Å²) in [7, 11) is 3.05. The van der Waals surface area contributed by atoms with Crippen molar-refractivity contribution >= 4 is 5.97 Å². The van der Waals surface area contributed by atoms with Crippen molar-refractivity contribution in [1.82, 2.24) is 0 Å². The van der Waals surface area contributed by atoms with Crippen molar-refractivity contribution < 1.29 is 23.7 Å². The van der Waals surface area contributed by atoms with Crippen molar-refractivity contribution in [2.24, 2.45) is 0 Å². The van der Waals surface area contributed by atoms with Crippen molar-refractivity contribution in [2.75, 3.05) is 20.8 Å². The van der Waals surface area contributed by atoms with E-state index in [4.69, 9.17) is 18.9 Å². The van der Waals surface area contributed by atoms with Gasteiger partial charge in [-0.05, 0) is 12.5 Å². The van der Waals surface area contributed by atoms with E-state index in [1.807, 2.05) is 13.0 Å². The molecule has 0 fully saturated rings. The highest BCUT2D eigenvalue weighted by Crippen LogP contribution is 2.36. The lowest BCUT2D eigenvalue weighted by Crippen LogP contribution is -2.40. The largest absolute Gasteiger partial charge is 0.462 e. The lowest BCUT2D eigenvalue weighted by Gasteiger charge is -2.35. The molecular weight excluding hydrogens is 224 g/mol. The summed E-state index contributed by atoms with van der Waals surface area (Å²) in [5, 5.41) is 0. The zero-order chi connectivity index (χ0) is 12.4. The van der Waals surface area contributed by atoms with Crippen LogP contribution in [0.2, 0.25) is 0 Å². The average molecular weight is 240 g/mol. The standard InChI is InChI=1S/C12H16O5/c1-4-7-8-5-6-16-10(13)9(8)12(15-3)17-11(7)14-2/h4,11-12H,5-6H2,1-3H3/b7-4-/t11-,12-/m0/s1. The predicted octanol–water partition coefficient (Wildman–Crippen LogP) is 1.15. The number of hydrogen-bond acceptors (Lipinski definition) is 5. The molecular formula is C12H16O5. The molecule has 0 radical (unpaired) electrons. The van der Waals surface area contributed by atoms with Crippen LogP contribution in [0.15, 0.2) is 22.8 Å². The van der Waals surface area contributed by atoms with Crippen LogP contribution in [0.4, 0.5) is 0 Å². The molecule has 0 amide bonds. The van der Waals surface area contributed by atoms with Crippen LogP contribution in [0.3, 0.4) is 0 Å². The molecule has 5 heteroatoms. The summed E-state index contributed by atoms with van der Waals surface area (Å²) in [5.41, 5.74) is 2.27. The normalized spacial score (nSPS) is 31.5. The fourth-order valence-corrected chi connectivity index (χ4v) is 2.18. The minimum absolute atomic E-state index is 0.369. The Balaban J connectivity index is 2.48. The maximum absolute atomic E-state index is 11.7. The molecule has 0 N–H and O–H groups in total. The summed E-state index contributed by atoms with van der Waals surface area (Å²) < 4.78 is 21.0. The van der Waals surface area contributed by atoms with Gasteiger partial charge in [-0.15, -0.1) is 0 Å². The first-order valence-electron chi connectivity index (χ1n) is 5.50. The lowest BCUT2D eigenvalue weighted by molar-refractivity contribution is -0.208. The molecule has 2 rings (SSSR count). The SMILES string of the molecule is C/C=C1/C2=C(C(=O)OCC2)[C@@H](OC)O[C@@H]1OC. The third-order valence-corrected chi connectivity index (χ3v) is 2.95. The van der Waals surface area contributed by atoms with Gasteiger partial charge in [0.25, 0.3) is 0 Å². The third kappa shape index (κ3) is 2.01. The van der Waals surface area contributed by atoms with Crippen LogP contribution in [0.1, 0.15) is 13.3 Å². The zero-order valence-corrected chi connectivity index (χ0v) is 10.2. The van der Waals surface area contributed by atoms with Gasteiger partial charge in [0.2, 0.25) is 0 Å². The van der Waals surface area contributed by atoms with Gasteiger partial charge in [-0.3, -0.25) is 0 Å². The van der Waals surface area contributed by atoms with Gasteiger partial charge in [0, 0.05) is 26.2 Å². The monoisotopic (exact) mass is 240 g/mol. The van der Waals surface area contributed by atoms with Gasteiger partial charge in [0.15, 0.2) is 12.6 Å². The van der Waals surface area contributed by atoms with Crippen LogP contribution in [0.25, 0.3) is 0 Å². The summed E-state index contributed by atoms with van der Waals surface area (Å²) in [6.07, 6.45) is 1.36. The number of carbonyl (C=O) groups is 1. The van der Waals surface area contributed by atoms with E-state index in [1.165, 1.54) is 7.11 Å². The molecule has 2 aliphatic heterocycles. The Morgan fingerprint density at radius 3 is 2.59 bits per heavy atom. The van der Waals surface area contributed by atoms with E-state index < -0.39 is 12.6 Å². The van der Waals surface area contributed by atoms with Gasteiger partial charge >= 0.3 is 5.97 Å². The second-order valence-electron chi connectivity index (χ2n) is 3.79. The molecule has 0 aromatic rings. The average Bonchev–Trinajstić information content (AvgIpc) is 2.36. The second kappa shape index (κ2) is 5.00. The highest BCUT2D eigenvalue weighted by molar-refractivity contribution is 5.92. The molecule has 2 aliphatic rings. The first-order valence-corrected chi connectivity index (χ1v) is 5.50. The highest BCUT2D eigenvalue weighted by atomic mass is 16.8. The summed E-state index contributed by atoms with van der Waals surface area (Å²) in [6.45, 7) is 2.28. The fraction of sp³-hybridized carbons (Fsp3) is 0.583. The van der Waals surface area contributed by atoms with Crippen molar-refractivity contribution in [3.63, 3.8) is 0 Å². The molecule has 0 spiro atoms. The maximum atomic E-state index is 11.7. The van der Waals surface area contributed by atoms with Gasteiger partial charge < -0.3 is 18.9 Å². The Kier molecular flexibility index (Phi) is 3.61. The van der Waals surface area contributed by atoms with E-state index in [0.717, 1.165) is 11.1 Å². The molecule has 2 heterocycles. The van der Waals surface area contributed by atoms with Crippen LogP contribution in [0, 0.1) is 0 Å². The third-order valence-electron chi connectivity index (χ3n) is 2.95. The van der Waals surface area contributed by atoms with E-state index in [1.54, 1.807) is 7.11 Å². The highest BCUT2D eigenvalue weighted by Gasteiger charge is 2.39. The summed E-state index contributed by atoms with van der Waals surface area (Å²) in [6, 6.07) is 0. The van der Waals surface area contributed by atoms with Crippen LogP contribution in [-0.2, 0) is 23.7 Å². The van der Waals surface area contributed by atoms with Crippen molar-refractivity contribution in [2.45, 2.75) is 25.9 Å². The Hall–Kier alpha value is -1.17. The topological polar surface area (TPSA) is 54.0 Å². The van der Waals surface area contributed by atoms with Crippen molar-refractivity contribution in [3.05, 3.63) is 22.8 Å². The van der Waals surface area contributed by atoms with Crippen LogP contribution >= 0.6 is 0 Å². The second-order valence-corrected chi connectivity index (χ2v) is 3.79. The maximum Gasteiger partial charge on any atom is 0.339 e. The summed E-state index contributed by atoms with van der Waals surface area (Å²) in [4.78, 5) is 11.7. The van der Waals surface area contributed by atoms with Gasteiger partial charge in [-0.2, -0.15) is 0 Å². The Morgan fingerprint density at radius 2 is 2.00 bits per heavy atom. The number of esters is 1. The van der Waals surface area contributed by atoms with Crippen molar-refractivity contribution in [3.8, 4) is 0 Å². The fourth-order valence-electron chi connectivity index (χ4n) is 2.18. The Morgan fingerprint density at radius 1 is 1.29 bits per heavy atom. The molecule has 0 aromatic carbocycles. The number of ether oxygens (including phenoxy) is 4. The van der Waals surface area contributed by atoms with E-state index in [2.05, 4.69) is 0 Å². The smallest absolute Gasteiger partial charge is 0.339 e.